The van der Waals surface area contributed by atoms with Gasteiger partial charge in [0, 0.05) is 5.41 Å². The molecule has 1 aromatic rings. The van der Waals surface area contributed by atoms with Crippen LogP contribution in [0.5, 0.6) is 0 Å². The molecule has 1 aromatic carbocycles. The molecule has 0 amide bonds. The first-order valence-electron chi connectivity index (χ1n) is 5.00. The number of fused-ring (bicyclic) bond motifs is 1. The highest BCUT2D eigenvalue weighted by Gasteiger charge is 2.65. The molecule has 0 N–H and O–H groups in total. The first-order chi connectivity index (χ1) is 6.88. The Morgan fingerprint density at radius 1 is 1.36 bits per heavy atom. The predicted molar refractivity (Wildman–Crippen MR) is 52.0 cm³/mol. The van der Waals surface area contributed by atoms with Gasteiger partial charge in [-0.15, -0.1) is 0 Å². The molecule has 2 fully saturated rings. The van der Waals surface area contributed by atoms with Gasteiger partial charge in [0.1, 0.15) is 12.4 Å². The molecule has 1 aliphatic heterocycles. The lowest BCUT2D eigenvalue weighted by atomic mass is 9.90. The molecule has 1 saturated carbocycles. The zero-order valence-corrected chi connectivity index (χ0v) is 7.85. The maximum absolute atomic E-state index is 10.9. The first-order valence-corrected chi connectivity index (χ1v) is 5.00. The van der Waals surface area contributed by atoms with E-state index >= 15 is 0 Å². The van der Waals surface area contributed by atoms with Gasteiger partial charge in [-0.1, -0.05) is 30.3 Å². The third kappa shape index (κ3) is 0.867. The van der Waals surface area contributed by atoms with Crippen molar-refractivity contribution in [3.63, 3.8) is 0 Å². The van der Waals surface area contributed by atoms with Crippen molar-refractivity contribution < 1.29 is 9.53 Å². The molecular weight excluding hydrogens is 176 g/mol. The number of carbonyl (C=O) groups is 1. The summed E-state index contributed by atoms with van der Waals surface area (Å²) in [5.74, 6) is 0.570. The van der Waals surface area contributed by atoms with Gasteiger partial charge in [0.05, 0.1) is 6.61 Å². The number of hydrogen-bond donors (Lipinski definition) is 0. The van der Waals surface area contributed by atoms with Gasteiger partial charge in [0.2, 0.25) is 0 Å². The third-order valence-corrected chi connectivity index (χ3v) is 3.57. The monoisotopic (exact) mass is 188 g/mol. The van der Waals surface area contributed by atoms with Crippen LogP contribution in [0.3, 0.4) is 0 Å². The topological polar surface area (TPSA) is 26.3 Å². The molecule has 1 aliphatic carbocycles. The van der Waals surface area contributed by atoms with Crippen LogP contribution in [0.15, 0.2) is 30.3 Å². The Morgan fingerprint density at radius 3 is 2.79 bits per heavy atom. The lowest BCUT2D eigenvalue weighted by Crippen LogP contribution is -2.26. The quantitative estimate of drug-likeness (QED) is 0.658. The minimum Gasteiger partial charge on any atom is -0.369 e. The van der Waals surface area contributed by atoms with Crippen LogP contribution >= 0.6 is 0 Å². The Bertz CT molecular complexity index is 360. The van der Waals surface area contributed by atoms with Gasteiger partial charge in [-0.2, -0.15) is 0 Å². The number of hydrogen-bond acceptors (Lipinski definition) is 2. The molecule has 1 saturated heterocycles. The van der Waals surface area contributed by atoms with Gasteiger partial charge in [-0.25, -0.2) is 0 Å². The fourth-order valence-corrected chi connectivity index (χ4v) is 2.70. The average molecular weight is 188 g/mol. The van der Waals surface area contributed by atoms with Crippen LogP contribution in [0, 0.1) is 5.92 Å². The van der Waals surface area contributed by atoms with Crippen molar-refractivity contribution in [2.45, 2.75) is 17.9 Å². The van der Waals surface area contributed by atoms with Crippen LogP contribution in [0.2, 0.25) is 0 Å². The Labute approximate surface area is 82.9 Å². The van der Waals surface area contributed by atoms with Gasteiger partial charge >= 0.3 is 0 Å². The Balaban J connectivity index is 2.02. The summed E-state index contributed by atoms with van der Waals surface area (Å²) < 4.78 is 5.45. The first kappa shape index (κ1) is 8.18. The highest BCUT2D eigenvalue weighted by molar-refractivity contribution is 5.64. The maximum atomic E-state index is 10.9. The second-order valence-corrected chi connectivity index (χ2v) is 4.20. The maximum Gasteiger partial charge on any atom is 0.149 e. The van der Waals surface area contributed by atoms with Crippen molar-refractivity contribution in [3.8, 4) is 0 Å². The van der Waals surface area contributed by atoms with Crippen molar-refractivity contribution in [3.05, 3.63) is 35.9 Å². The number of aldehydes is 1. The van der Waals surface area contributed by atoms with Crippen molar-refractivity contribution >= 4 is 6.29 Å². The molecule has 0 bridgehead atoms. The summed E-state index contributed by atoms with van der Waals surface area (Å²) in [7, 11) is 0. The lowest BCUT2D eigenvalue weighted by Gasteiger charge is -2.17. The summed E-state index contributed by atoms with van der Waals surface area (Å²) in [4.78, 5) is 10.9. The second-order valence-electron chi connectivity index (χ2n) is 4.20. The van der Waals surface area contributed by atoms with Gasteiger partial charge < -0.3 is 9.53 Å². The molecule has 0 spiro atoms. The molecule has 0 radical (unpaired) electrons. The lowest BCUT2D eigenvalue weighted by molar-refractivity contribution is -0.117. The standard InChI is InChI=1S/C12H12O2/c13-7-11-12(6-10(12)8-14-11)9-4-2-1-3-5-9/h1-5,7,10-11H,6,8H2. The van der Waals surface area contributed by atoms with E-state index in [9.17, 15) is 4.79 Å². The fraction of sp³-hybridized carbons (Fsp3) is 0.417. The van der Waals surface area contributed by atoms with Crippen LogP contribution in [0.1, 0.15) is 12.0 Å². The average Bonchev–Trinajstić information content (AvgIpc) is 2.88. The molecule has 2 nitrogen and oxygen atoms in total. The number of ether oxygens (including phenoxy) is 1. The summed E-state index contributed by atoms with van der Waals surface area (Å²) >= 11 is 0. The van der Waals surface area contributed by atoms with Crippen LogP contribution in [-0.2, 0) is 14.9 Å². The number of carbonyl (C=O) groups excluding carboxylic acids is 1. The summed E-state index contributed by atoms with van der Waals surface area (Å²) in [6, 6.07) is 10.3. The molecule has 2 heteroatoms. The van der Waals surface area contributed by atoms with Crippen molar-refractivity contribution in [2.24, 2.45) is 5.92 Å². The van der Waals surface area contributed by atoms with Gasteiger partial charge in [0.25, 0.3) is 0 Å². The molecule has 3 unspecified atom stereocenters. The van der Waals surface area contributed by atoms with Gasteiger partial charge in [0.15, 0.2) is 0 Å². The van der Waals surface area contributed by atoms with E-state index in [1.807, 2.05) is 18.2 Å². The van der Waals surface area contributed by atoms with E-state index < -0.39 is 0 Å². The molecule has 14 heavy (non-hydrogen) atoms. The van der Waals surface area contributed by atoms with E-state index in [-0.39, 0.29) is 11.5 Å². The van der Waals surface area contributed by atoms with Crippen molar-refractivity contribution in [2.75, 3.05) is 6.61 Å². The molecule has 3 atom stereocenters. The van der Waals surface area contributed by atoms with Crippen molar-refractivity contribution in [1.29, 1.82) is 0 Å². The second kappa shape index (κ2) is 2.67. The van der Waals surface area contributed by atoms with Crippen molar-refractivity contribution in [1.82, 2.24) is 0 Å². The molecule has 0 aromatic heterocycles. The van der Waals surface area contributed by atoms with E-state index in [2.05, 4.69) is 12.1 Å². The van der Waals surface area contributed by atoms with Crippen LogP contribution in [0.4, 0.5) is 0 Å². The highest BCUT2D eigenvalue weighted by atomic mass is 16.5. The summed E-state index contributed by atoms with van der Waals surface area (Å²) in [5, 5.41) is 0. The minimum absolute atomic E-state index is 0.0308. The third-order valence-electron chi connectivity index (χ3n) is 3.57. The highest BCUT2D eigenvalue weighted by Crippen LogP contribution is 2.61. The number of rotatable bonds is 2. The zero-order valence-electron chi connectivity index (χ0n) is 7.85. The van der Waals surface area contributed by atoms with E-state index in [1.54, 1.807) is 0 Å². The minimum atomic E-state index is -0.213. The van der Waals surface area contributed by atoms with E-state index in [1.165, 1.54) is 5.56 Å². The summed E-state index contributed by atoms with van der Waals surface area (Å²) in [6.45, 7) is 0.748. The van der Waals surface area contributed by atoms with E-state index in [0.29, 0.717) is 5.92 Å². The fourth-order valence-electron chi connectivity index (χ4n) is 2.70. The molecule has 3 rings (SSSR count). The van der Waals surface area contributed by atoms with Crippen LogP contribution in [0.25, 0.3) is 0 Å². The van der Waals surface area contributed by atoms with Gasteiger partial charge in [-0.3, -0.25) is 0 Å². The predicted octanol–water partition coefficient (Wildman–Crippen LogP) is 1.54. The normalized spacial score (nSPS) is 39.1. The molecular formula is C12H12O2. The SMILES string of the molecule is O=CC1OCC2CC21c1ccccc1. The Morgan fingerprint density at radius 2 is 2.14 bits per heavy atom. The summed E-state index contributed by atoms with van der Waals surface area (Å²) in [6.07, 6.45) is 1.86. The smallest absolute Gasteiger partial charge is 0.149 e. The van der Waals surface area contributed by atoms with Gasteiger partial charge in [-0.05, 0) is 17.9 Å². The molecule has 1 heterocycles. The van der Waals surface area contributed by atoms with E-state index in [4.69, 9.17) is 4.74 Å². The molecule has 2 aliphatic rings. The zero-order chi connectivity index (χ0) is 9.60. The Kier molecular flexibility index (Phi) is 1.56. The Hall–Kier alpha value is -1.15. The largest absolute Gasteiger partial charge is 0.369 e. The summed E-state index contributed by atoms with van der Waals surface area (Å²) in [5.41, 5.74) is 1.29. The number of benzene rings is 1. The van der Waals surface area contributed by atoms with Crippen LogP contribution < -0.4 is 0 Å². The van der Waals surface area contributed by atoms with Crippen LogP contribution in [-0.4, -0.2) is 19.0 Å². The molecule has 72 valence electrons. The van der Waals surface area contributed by atoms with E-state index in [0.717, 1.165) is 19.3 Å².